The predicted octanol–water partition coefficient (Wildman–Crippen LogP) is 0.548. The van der Waals surface area contributed by atoms with Crippen LogP contribution in [0.5, 0.6) is 0 Å². The molecule has 0 saturated heterocycles. The smallest absolute Gasteiger partial charge is 0.237 e. The fourth-order valence-corrected chi connectivity index (χ4v) is 1.66. The number of carbonyl (C=O) groups is 2. The van der Waals surface area contributed by atoms with Gasteiger partial charge in [0, 0.05) is 12.1 Å². The molecule has 0 spiro atoms. The highest BCUT2D eigenvalue weighted by atomic mass is 16.2. The number of hydrogen-bond donors (Lipinski definition) is 3. The molecule has 0 aromatic heterocycles. The fraction of sp³-hybridized carbons (Fsp3) is 0.846. The molecule has 1 aliphatic carbocycles. The van der Waals surface area contributed by atoms with E-state index in [0.717, 1.165) is 25.7 Å². The molecule has 5 nitrogen and oxygen atoms in total. The Bertz CT molecular complexity index is 286. The number of nitrogens with one attached hydrogen (secondary N) is 3. The molecule has 1 unspecified atom stereocenters. The van der Waals surface area contributed by atoms with Crippen LogP contribution in [0.3, 0.4) is 0 Å². The van der Waals surface area contributed by atoms with E-state index in [1.54, 1.807) is 6.92 Å². The number of amides is 2. The fourth-order valence-electron chi connectivity index (χ4n) is 1.66. The molecule has 0 aliphatic heterocycles. The molecule has 0 aromatic carbocycles. The van der Waals surface area contributed by atoms with E-state index in [0.29, 0.717) is 6.04 Å². The van der Waals surface area contributed by atoms with Gasteiger partial charge in [-0.15, -0.1) is 0 Å². The van der Waals surface area contributed by atoms with E-state index in [9.17, 15) is 9.59 Å². The molecule has 0 heterocycles. The van der Waals surface area contributed by atoms with Crippen molar-refractivity contribution in [3.8, 4) is 0 Å². The van der Waals surface area contributed by atoms with Gasteiger partial charge in [0.25, 0.3) is 0 Å². The lowest BCUT2D eigenvalue weighted by atomic mass is 10.2. The number of rotatable bonds is 8. The standard InChI is InChI=1S/C13H25N3O2/c1-4-10(5-2)15-12(17)8-14-9(3)13(18)16-11-6-7-11/h9-11,14H,4-8H2,1-3H3,(H,15,17)(H,16,18). The minimum atomic E-state index is -0.321. The molecule has 1 saturated carbocycles. The van der Waals surface area contributed by atoms with E-state index >= 15 is 0 Å². The van der Waals surface area contributed by atoms with Crippen molar-refractivity contribution in [2.75, 3.05) is 6.54 Å². The van der Waals surface area contributed by atoms with Crippen LogP contribution in [-0.4, -0.2) is 36.5 Å². The van der Waals surface area contributed by atoms with Crippen molar-refractivity contribution in [2.45, 2.75) is 64.6 Å². The Morgan fingerprint density at radius 2 is 1.83 bits per heavy atom. The van der Waals surface area contributed by atoms with E-state index in [1.165, 1.54) is 0 Å². The lowest BCUT2D eigenvalue weighted by Gasteiger charge is -2.17. The second-order valence-corrected chi connectivity index (χ2v) is 4.97. The van der Waals surface area contributed by atoms with Crippen LogP contribution in [0.15, 0.2) is 0 Å². The largest absolute Gasteiger partial charge is 0.352 e. The Hall–Kier alpha value is -1.10. The van der Waals surface area contributed by atoms with E-state index in [-0.39, 0.29) is 30.4 Å². The lowest BCUT2D eigenvalue weighted by Crippen LogP contribution is -2.47. The van der Waals surface area contributed by atoms with Crippen molar-refractivity contribution in [3.05, 3.63) is 0 Å². The Balaban J connectivity index is 2.17. The summed E-state index contributed by atoms with van der Waals surface area (Å²) < 4.78 is 0. The quantitative estimate of drug-likeness (QED) is 0.593. The summed E-state index contributed by atoms with van der Waals surface area (Å²) >= 11 is 0. The molecule has 3 N–H and O–H groups in total. The summed E-state index contributed by atoms with van der Waals surface area (Å²) in [6.45, 7) is 6.07. The zero-order valence-electron chi connectivity index (χ0n) is 11.6. The molecule has 1 aliphatic rings. The molecule has 18 heavy (non-hydrogen) atoms. The minimum absolute atomic E-state index is 0.0205. The Labute approximate surface area is 109 Å². The maximum Gasteiger partial charge on any atom is 0.237 e. The van der Waals surface area contributed by atoms with Crippen LogP contribution in [0, 0.1) is 0 Å². The van der Waals surface area contributed by atoms with Gasteiger partial charge in [-0.2, -0.15) is 0 Å². The molecule has 2 amide bonds. The van der Waals surface area contributed by atoms with Crippen LogP contribution in [0.2, 0.25) is 0 Å². The van der Waals surface area contributed by atoms with Crippen molar-refractivity contribution in [1.82, 2.24) is 16.0 Å². The first-order valence-corrected chi connectivity index (χ1v) is 6.89. The maximum absolute atomic E-state index is 11.6. The second kappa shape index (κ2) is 7.36. The third kappa shape index (κ3) is 5.49. The van der Waals surface area contributed by atoms with Gasteiger partial charge in [-0.1, -0.05) is 13.8 Å². The Kier molecular flexibility index (Phi) is 6.12. The zero-order valence-corrected chi connectivity index (χ0v) is 11.6. The lowest BCUT2D eigenvalue weighted by molar-refractivity contribution is -0.123. The van der Waals surface area contributed by atoms with Crippen molar-refractivity contribution in [1.29, 1.82) is 0 Å². The average Bonchev–Trinajstić information content (AvgIpc) is 3.16. The minimum Gasteiger partial charge on any atom is -0.352 e. The summed E-state index contributed by atoms with van der Waals surface area (Å²) in [6.07, 6.45) is 4.02. The monoisotopic (exact) mass is 255 g/mol. The van der Waals surface area contributed by atoms with Crippen molar-refractivity contribution in [2.24, 2.45) is 0 Å². The van der Waals surface area contributed by atoms with E-state index in [1.807, 2.05) is 13.8 Å². The van der Waals surface area contributed by atoms with Gasteiger partial charge < -0.3 is 10.6 Å². The zero-order chi connectivity index (χ0) is 13.5. The molecule has 104 valence electrons. The summed E-state index contributed by atoms with van der Waals surface area (Å²) in [5.74, 6) is -0.0670. The molecule has 0 bridgehead atoms. The van der Waals surface area contributed by atoms with Gasteiger partial charge in [0.05, 0.1) is 12.6 Å². The first-order chi connectivity index (χ1) is 8.56. The van der Waals surface area contributed by atoms with E-state index in [4.69, 9.17) is 0 Å². The Morgan fingerprint density at radius 3 is 2.33 bits per heavy atom. The highest BCUT2D eigenvalue weighted by molar-refractivity contribution is 5.83. The first-order valence-electron chi connectivity index (χ1n) is 6.89. The second-order valence-electron chi connectivity index (χ2n) is 4.97. The molecule has 0 radical (unpaired) electrons. The van der Waals surface area contributed by atoms with Gasteiger partial charge in [-0.25, -0.2) is 0 Å². The Morgan fingerprint density at radius 1 is 1.22 bits per heavy atom. The normalized spacial score (nSPS) is 16.4. The average molecular weight is 255 g/mol. The van der Waals surface area contributed by atoms with Crippen molar-refractivity contribution in [3.63, 3.8) is 0 Å². The molecule has 5 heteroatoms. The predicted molar refractivity (Wildman–Crippen MR) is 71.1 cm³/mol. The van der Waals surface area contributed by atoms with Crippen LogP contribution < -0.4 is 16.0 Å². The summed E-state index contributed by atoms with van der Waals surface area (Å²) in [5, 5.41) is 8.78. The SMILES string of the molecule is CCC(CC)NC(=O)CNC(C)C(=O)NC1CC1. The molecule has 0 aromatic rings. The molecular formula is C13H25N3O2. The van der Waals surface area contributed by atoms with Crippen molar-refractivity contribution < 1.29 is 9.59 Å². The van der Waals surface area contributed by atoms with Gasteiger partial charge >= 0.3 is 0 Å². The summed E-state index contributed by atoms with van der Waals surface area (Å²) in [4.78, 5) is 23.3. The van der Waals surface area contributed by atoms with Crippen LogP contribution >= 0.6 is 0 Å². The van der Waals surface area contributed by atoms with Crippen LogP contribution in [0.25, 0.3) is 0 Å². The summed E-state index contributed by atoms with van der Waals surface area (Å²) in [6, 6.07) is 0.271. The maximum atomic E-state index is 11.6. The highest BCUT2D eigenvalue weighted by Gasteiger charge is 2.25. The number of carbonyl (C=O) groups excluding carboxylic acids is 2. The van der Waals surface area contributed by atoms with Gasteiger partial charge in [-0.05, 0) is 32.6 Å². The molecule has 1 fully saturated rings. The van der Waals surface area contributed by atoms with Gasteiger partial charge in [0.2, 0.25) is 11.8 Å². The topological polar surface area (TPSA) is 70.2 Å². The van der Waals surface area contributed by atoms with Crippen LogP contribution in [0.1, 0.15) is 46.5 Å². The first kappa shape index (κ1) is 15.0. The van der Waals surface area contributed by atoms with Gasteiger partial charge in [0.1, 0.15) is 0 Å². The van der Waals surface area contributed by atoms with Gasteiger partial charge in [0.15, 0.2) is 0 Å². The van der Waals surface area contributed by atoms with E-state index in [2.05, 4.69) is 16.0 Å². The van der Waals surface area contributed by atoms with Crippen LogP contribution in [-0.2, 0) is 9.59 Å². The van der Waals surface area contributed by atoms with Crippen molar-refractivity contribution >= 4 is 11.8 Å². The van der Waals surface area contributed by atoms with Crippen LogP contribution in [0.4, 0.5) is 0 Å². The highest BCUT2D eigenvalue weighted by Crippen LogP contribution is 2.18. The number of hydrogen-bond acceptors (Lipinski definition) is 3. The molecular weight excluding hydrogens is 230 g/mol. The van der Waals surface area contributed by atoms with E-state index < -0.39 is 0 Å². The van der Waals surface area contributed by atoms with Gasteiger partial charge in [-0.3, -0.25) is 14.9 Å². The molecule has 1 atom stereocenters. The third-order valence-electron chi connectivity index (χ3n) is 3.24. The summed E-state index contributed by atoms with van der Waals surface area (Å²) in [5.41, 5.74) is 0. The third-order valence-corrected chi connectivity index (χ3v) is 3.24. The summed E-state index contributed by atoms with van der Waals surface area (Å²) in [7, 11) is 0. The molecule has 1 rings (SSSR count).